The molecule has 0 aliphatic carbocycles. The third-order valence-electron chi connectivity index (χ3n) is 4.56. The summed E-state index contributed by atoms with van der Waals surface area (Å²) in [6, 6.07) is 10.3. The van der Waals surface area contributed by atoms with Gasteiger partial charge in [-0.25, -0.2) is 9.98 Å². The zero-order chi connectivity index (χ0) is 20.3. The lowest BCUT2D eigenvalue weighted by Crippen LogP contribution is -2.38. The molecular weight excluding hydrogens is 495 g/mol. The number of rotatable bonds is 10. The molecule has 30 heavy (non-hydrogen) atoms. The number of hydrogen-bond acceptors (Lipinski definition) is 5. The topological polar surface area (TPSA) is 77.0 Å². The summed E-state index contributed by atoms with van der Waals surface area (Å²) in [6.45, 7) is 6.08. The summed E-state index contributed by atoms with van der Waals surface area (Å²) in [7, 11) is 1.65. The minimum absolute atomic E-state index is 0. The fourth-order valence-electron chi connectivity index (χ4n) is 3.05. The highest BCUT2D eigenvalue weighted by Gasteiger charge is 2.11. The molecule has 1 aliphatic rings. The van der Waals surface area contributed by atoms with Crippen molar-refractivity contribution in [3.63, 3.8) is 0 Å². The van der Waals surface area contributed by atoms with Crippen LogP contribution in [-0.4, -0.2) is 51.0 Å². The second-order valence-corrected chi connectivity index (χ2v) is 6.76. The average molecular weight is 526 g/mol. The molecule has 0 atom stereocenters. The molecule has 2 N–H and O–H groups in total. The molecule has 0 bridgehead atoms. The summed E-state index contributed by atoms with van der Waals surface area (Å²) in [4.78, 5) is 8.96. The van der Waals surface area contributed by atoms with Crippen LogP contribution in [0.1, 0.15) is 23.6 Å². The number of fused-ring (bicyclic) bond motifs is 1. The molecule has 1 aromatic carbocycles. The van der Waals surface area contributed by atoms with Crippen molar-refractivity contribution >= 4 is 29.9 Å². The minimum atomic E-state index is 0. The van der Waals surface area contributed by atoms with E-state index >= 15 is 0 Å². The van der Waals surface area contributed by atoms with Gasteiger partial charge in [-0.15, -0.1) is 24.0 Å². The van der Waals surface area contributed by atoms with Gasteiger partial charge in [0.25, 0.3) is 0 Å². The van der Waals surface area contributed by atoms with E-state index in [4.69, 9.17) is 14.2 Å². The highest BCUT2D eigenvalue weighted by molar-refractivity contribution is 14.0. The number of nitrogens with zero attached hydrogens (tertiary/aromatic N) is 2. The molecule has 0 spiro atoms. The lowest BCUT2D eigenvalue weighted by molar-refractivity contribution is 0.143. The molecule has 2 aromatic rings. The summed E-state index contributed by atoms with van der Waals surface area (Å²) in [6.07, 6.45) is 3.74. The number of ether oxygens (including phenoxy) is 3. The molecule has 0 unspecified atom stereocenters. The van der Waals surface area contributed by atoms with Crippen molar-refractivity contribution in [3.05, 3.63) is 53.2 Å². The maximum Gasteiger partial charge on any atom is 0.213 e. The molecule has 2 heterocycles. The monoisotopic (exact) mass is 526 g/mol. The number of aromatic nitrogens is 1. The number of aliphatic imine (C=N–C) groups is 1. The van der Waals surface area contributed by atoms with Crippen LogP contribution in [0.5, 0.6) is 11.6 Å². The molecule has 0 amide bonds. The summed E-state index contributed by atoms with van der Waals surface area (Å²) in [5.41, 5.74) is 3.65. The van der Waals surface area contributed by atoms with Gasteiger partial charge in [0.2, 0.25) is 5.88 Å². The first-order valence-corrected chi connectivity index (χ1v) is 10.1. The normalized spacial score (nSPS) is 12.5. The van der Waals surface area contributed by atoms with E-state index in [1.165, 1.54) is 11.1 Å². The Kier molecular flexibility index (Phi) is 10.7. The number of nitrogens with one attached hydrogen (secondary N) is 2. The van der Waals surface area contributed by atoms with E-state index in [1.807, 2.05) is 12.1 Å². The van der Waals surface area contributed by atoms with Gasteiger partial charge >= 0.3 is 0 Å². The van der Waals surface area contributed by atoms with Crippen molar-refractivity contribution in [3.8, 4) is 11.6 Å². The summed E-state index contributed by atoms with van der Waals surface area (Å²) in [5.74, 6) is 2.43. The smallest absolute Gasteiger partial charge is 0.213 e. The Morgan fingerprint density at radius 1 is 1.17 bits per heavy atom. The quantitative estimate of drug-likeness (QED) is 0.215. The maximum absolute atomic E-state index is 5.57. The molecule has 7 nitrogen and oxygen atoms in total. The molecule has 1 aliphatic heterocycles. The first kappa shape index (κ1) is 24.2. The largest absolute Gasteiger partial charge is 0.493 e. The Labute approximate surface area is 195 Å². The highest BCUT2D eigenvalue weighted by atomic mass is 127. The fraction of sp³-hybridized carbons (Fsp3) is 0.455. The second kappa shape index (κ2) is 13.3. The van der Waals surface area contributed by atoms with Crippen LogP contribution in [0.4, 0.5) is 0 Å². The van der Waals surface area contributed by atoms with Gasteiger partial charge in [0.15, 0.2) is 5.96 Å². The van der Waals surface area contributed by atoms with Gasteiger partial charge in [-0.2, -0.15) is 0 Å². The summed E-state index contributed by atoms with van der Waals surface area (Å²) < 4.78 is 16.0. The maximum atomic E-state index is 5.57. The van der Waals surface area contributed by atoms with E-state index in [0.717, 1.165) is 49.8 Å². The first-order valence-electron chi connectivity index (χ1n) is 10.1. The number of pyridine rings is 1. The van der Waals surface area contributed by atoms with Crippen LogP contribution in [0.2, 0.25) is 0 Å². The zero-order valence-electron chi connectivity index (χ0n) is 17.6. The van der Waals surface area contributed by atoms with E-state index in [-0.39, 0.29) is 24.0 Å². The van der Waals surface area contributed by atoms with Gasteiger partial charge in [0.1, 0.15) is 12.4 Å². The van der Waals surface area contributed by atoms with Gasteiger partial charge in [-0.3, -0.25) is 0 Å². The molecule has 8 heteroatoms. The molecular formula is C22H31IN4O3. The molecule has 164 valence electrons. The van der Waals surface area contributed by atoms with Gasteiger partial charge in [-0.1, -0.05) is 18.2 Å². The predicted octanol–water partition coefficient (Wildman–Crippen LogP) is 2.96. The van der Waals surface area contributed by atoms with Gasteiger partial charge in [-0.05, 0) is 36.1 Å². The highest BCUT2D eigenvalue weighted by Crippen LogP contribution is 2.25. The van der Waals surface area contributed by atoms with Gasteiger partial charge in [0, 0.05) is 38.9 Å². The average Bonchev–Trinajstić information content (AvgIpc) is 3.21. The van der Waals surface area contributed by atoms with Crippen molar-refractivity contribution in [1.82, 2.24) is 15.6 Å². The second-order valence-electron chi connectivity index (χ2n) is 6.76. The Hall–Kier alpha value is -2.07. The molecule has 0 fully saturated rings. The van der Waals surface area contributed by atoms with E-state index < -0.39 is 0 Å². The number of halogens is 1. The molecule has 1 aromatic heterocycles. The van der Waals surface area contributed by atoms with Crippen LogP contribution in [0.3, 0.4) is 0 Å². The van der Waals surface area contributed by atoms with E-state index in [9.17, 15) is 0 Å². The van der Waals surface area contributed by atoms with Gasteiger partial charge in [0.05, 0.1) is 19.8 Å². The zero-order valence-corrected chi connectivity index (χ0v) is 20.0. The fourth-order valence-corrected chi connectivity index (χ4v) is 3.05. The standard InChI is InChI=1S/C22H30N4O3.HI/c1-3-23-22(24-10-8-17-4-6-20-19(14-17)9-11-28-20)26-16-18-5-7-21(25-15-18)29-13-12-27-2;/h4-7,14-15H,3,8-13,16H2,1-2H3,(H2,23,24,26);1H. The van der Waals surface area contributed by atoms with Crippen LogP contribution < -0.4 is 20.1 Å². The van der Waals surface area contributed by atoms with Crippen molar-refractivity contribution in [2.75, 3.05) is 40.0 Å². The van der Waals surface area contributed by atoms with Crippen LogP contribution >= 0.6 is 24.0 Å². The molecule has 3 rings (SSSR count). The Morgan fingerprint density at radius 2 is 2.03 bits per heavy atom. The molecule has 0 saturated carbocycles. The number of benzene rings is 1. The van der Waals surface area contributed by atoms with E-state index in [2.05, 4.69) is 45.7 Å². The first-order chi connectivity index (χ1) is 14.3. The predicted molar refractivity (Wildman–Crippen MR) is 129 cm³/mol. The van der Waals surface area contributed by atoms with Crippen molar-refractivity contribution in [2.24, 2.45) is 4.99 Å². The Morgan fingerprint density at radius 3 is 2.80 bits per heavy atom. The van der Waals surface area contributed by atoms with Crippen LogP contribution in [0.15, 0.2) is 41.5 Å². The van der Waals surface area contributed by atoms with Crippen LogP contribution in [0.25, 0.3) is 0 Å². The third-order valence-corrected chi connectivity index (χ3v) is 4.56. The van der Waals surface area contributed by atoms with Crippen LogP contribution in [0, 0.1) is 0 Å². The SMILES string of the molecule is CCNC(=NCc1ccc(OCCOC)nc1)NCCc1ccc2c(c1)CCO2.I. The van der Waals surface area contributed by atoms with E-state index in [1.54, 1.807) is 13.3 Å². The Bertz CT molecular complexity index is 799. The van der Waals surface area contributed by atoms with Crippen molar-refractivity contribution in [1.29, 1.82) is 0 Å². The number of methoxy groups -OCH3 is 1. The summed E-state index contributed by atoms with van der Waals surface area (Å²) >= 11 is 0. The number of guanidine groups is 1. The molecule has 0 saturated heterocycles. The van der Waals surface area contributed by atoms with E-state index in [0.29, 0.717) is 25.6 Å². The molecule has 0 radical (unpaired) electrons. The van der Waals surface area contributed by atoms with Crippen molar-refractivity contribution in [2.45, 2.75) is 26.3 Å². The van der Waals surface area contributed by atoms with Gasteiger partial charge < -0.3 is 24.8 Å². The van der Waals surface area contributed by atoms with Crippen LogP contribution in [-0.2, 0) is 24.1 Å². The number of hydrogen-bond donors (Lipinski definition) is 2. The lowest BCUT2D eigenvalue weighted by atomic mass is 10.1. The summed E-state index contributed by atoms with van der Waals surface area (Å²) in [5, 5.41) is 6.69. The Balaban J connectivity index is 0.00000320. The lowest BCUT2D eigenvalue weighted by Gasteiger charge is -2.12. The third kappa shape index (κ3) is 7.64. The minimum Gasteiger partial charge on any atom is -0.493 e. The van der Waals surface area contributed by atoms with Crippen molar-refractivity contribution < 1.29 is 14.2 Å².